The molecule has 4 rings (SSSR count). The maximum absolute atomic E-state index is 5.74. The Kier molecular flexibility index (Phi) is 5.25. The smallest absolute Gasteiger partial charge is 0.0638 e. The summed E-state index contributed by atoms with van der Waals surface area (Å²) in [7, 11) is 0. The molecule has 2 N–H and O–H groups in total. The van der Waals surface area contributed by atoms with Crippen molar-refractivity contribution in [1.82, 2.24) is 0 Å². The number of hydrogen-bond donors (Lipinski definition) is 1. The summed E-state index contributed by atoms with van der Waals surface area (Å²) in [4.78, 5) is 9.29. The number of para-hydroxylation sites is 1. The monoisotopic (exact) mass is 363 g/mol. The molecule has 3 heteroatoms. The standard InChI is InChI=1S/C25H21N3/c26-21-10-6-19(7-11-21)18-20-8-12-23(13-9-20)28-25-16-14-24(15-17-25)27-22-4-2-1-3-5-22/h1-17H,18,26H2. The number of allylic oxidation sites excluding steroid dienone is 4. The second kappa shape index (κ2) is 8.31. The Morgan fingerprint density at radius 3 is 1.54 bits per heavy atom. The lowest BCUT2D eigenvalue weighted by Crippen LogP contribution is -1.99. The van der Waals surface area contributed by atoms with Gasteiger partial charge in [-0.05, 0) is 78.3 Å². The molecule has 3 aromatic rings. The minimum absolute atomic E-state index is 0.792. The van der Waals surface area contributed by atoms with Gasteiger partial charge in [0.2, 0.25) is 0 Å². The summed E-state index contributed by atoms with van der Waals surface area (Å²) in [5.74, 6) is 0. The van der Waals surface area contributed by atoms with Crippen LogP contribution >= 0.6 is 0 Å². The van der Waals surface area contributed by atoms with E-state index in [1.165, 1.54) is 11.1 Å². The van der Waals surface area contributed by atoms with Gasteiger partial charge in [-0.3, -0.25) is 0 Å². The van der Waals surface area contributed by atoms with Crippen LogP contribution in [0.25, 0.3) is 0 Å². The summed E-state index contributed by atoms with van der Waals surface area (Å²) < 4.78 is 0. The van der Waals surface area contributed by atoms with Crippen molar-refractivity contribution in [3.8, 4) is 0 Å². The van der Waals surface area contributed by atoms with Crippen molar-refractivity contribution >= 4 is 28.5 Å². The summed E-state index contributed by atoms with van der Waals surface area (Å²) in [6.45, 7) is 0. The van der Waals surface area contributed by atoms with E-state index in [-0.39, 0.29) is 0 Å². The lowest BCUT2D eigenvalue weighted by molar-refractivity contribution is 1.19. The first-order valence-electron chi connectivity index (χ1n) is 9.26. The van der Waals surface area contributed by atoms with E-state index in [9.17, 15) is 0 Å². The van der Waals surface area contributed by atoms with Gasteiger partial charge in [0.1, 0.15) is 0 Å². The predicted octanol–water partition coefficient (Wildman–Crippen LogP) is 5.83. The van der Waals surface area contributed by atoms with E-state index in [1.54, 1.807) is 0 Å². The highest BCUT2D eigenvalue weighted by atomic mass is 14.8. The Balaban J connectivity index is 1.42. The number of benzene rings is 3. The lowest BCUT2D eigenvalue weighted by atomic mass is 10.0. The average Bonchev–Trinajstić information content (AvgIpc) is 2.73. The fraction of sp³-hybridized carbons (Fsp3) is 0.0400. The Morgan fingerprint density at radius 1 is 0.536 bits per heavy atom. The molecule has 0 unspecified atom stereocenters. The largest absolute Gasteiger partial charge is 0.399 e. The van der Waals surface area contributed by atoms with Gasteiger partial charge in [-0.2, -0.15) is 0 Å². The molecule has 3 aromatic carbocycles. The zero-order valence-corrected chi connectivity index (χ0v) is 15.5. The van der Waals surface area contributed by atoms with E-state index in [4.69, 9.17) is 10.7 Å². The number of nitrogens with zero attached hydrogens (tertiary/aromatic N) is 2. The summed E-state index contributed by atoms with van der Waals surface area (Å²) in [6, 6.07) is 26.3. The molecule has 3 nitrogen and oxygen atoms in total. The van der Waals surface area contributed by atoms with Crippen LogP contribution in [0.3, 0.4) is 0 Å². The summed E-state index contributed by atoms with van der Waals surface area (Å²) >= 11 is 0. The van der Waals surface area contributed by atoms with Gasteiger partial charge in [-0.25, -0.2) is 9.98 Å². The Hall–Kier alpha value is -3.72. The van der Waals surface area contributed by atoms with Crippen molar-refractivity contribution in [2.45, 2.75) is 6.42 Å². The molecule has 1 aliphatic rings. The molecule has 0 aromatic heterocycles. The summed E-state index contributed by atoms with van der Waals surface area (Å²) in [5, 5.41) is 0. The Morgan fingerprint density at radius 2 is 1.00 bits per heavy atom. The second-order valence-corrected chi connectivity index (χ2v) is 6.66. The van der Waals surface area contributed by atoms with E-state index >= 15 is 0 Å². The highest BCUT2D eigenvalue weighted by Gasteiger charge is 2.01. The van der Waals surface area contributed by atoms with Crippen LogP contribution in [0.2, 0.25) is 0 Å². The molecular formula is C25H21N3. The van der Waals surface area contributed by atoms with Crippen molar-refractivity contribution in [3.63, 3.8) is 0 Å². The van der Waals surface area contributed by atoms with E-state index in [2.05, 4.69) is 41.4 Å². The third kappa shape index (κ3) is 4.71. The molecule has 0 atom stereocenters. The Labute approximate surface area is 165 Å². The van der Waals surface area contributed by atoms with Gasteiger partial charge < -0.3 is 5.73 Å². The van der Waals surface area contributed by atoms with Crippen LogP contribution in [0.5, 0.6) is 0 Å². The highest BCUT2D eigenvalue weighted by Crippen LogP contribution is 2.18. The minimum Gasteiger partial charge on any atom is -0.399 e. The molecule has 0 bridgehead atoms. The second-order valence-electron chi connectivity index (χ2n) is 6.66. The normalized spacial score (nSPS) is 12.9. The molecule has 0 amide bonds. The third-order valence-electron chi connectivity index (χ3n) is 4.45. The van der Waals surface area contributed by atoms with Gasteiger partial charge in [-0.15, -0.1) is 0 Å². The molecule has 0 heterocycles. The SMILES string of the molecule is Nc1ccc(Cc2ccc(N=C3C=CC(=Nc4ccccc4)C=C3)cc2)cc1. The zero-order chi connectivity index (χ0) is 19.2. The van der Waals surface area contributed by atoms with Gasteiger partial charge in [0.05, 0.1) is 22.8 Å². The molecule has 0 saturated carbocycles. The van der Waals surface area contributed by atoms with Crippen molar-refractivity contribution < 1.29 is 0 Å². The van der Waals surface area contributed by atoms with Crippen molar-refractivity contribution in [2.75, 3.05) is 5.73 Å². The van der Waals surface area contributed by atoms with E-state index in [0.717, 1.165) is 34.9 Å². The first-order valence-corrected chi connectivity index (χ1v) is 9.26. The number of nitrogens with two attached hydrogens (primary N) is 1. The molecule has 0 radical (unpaired) electrons. The fourth-order valence-electron chi connectivity index (χ4n) is 2.96. The fourth-order valence-corrected chi connectivity index (χ4v) is 2.96. The molecule has 28 heavy (non-hydrogen) atoms. The quantitative estimate of drug-likeness (QED) is 0.460. The number of hydrogen-bond acceptors (Lipinski definition) is 3. The van der Waals surface area contributed by atoms with Crippen LogP contribution in [0.4, 0.5) is 17.1 Å². The topological polar surface area (TPSA) is 50.7 Å². The average molecular weight is 363 g/mol. The molecule has 0 spiro atoms. The van der Waals surface area contributed by atoms with Gasteiger partial charge in [0.25, 0.3) is 0 Å². The van der Waals surface area contributed by atoms with Gasteiger partial charge >= 0.3 is 0 Å². The number of anilines is 1. The molecule has 136 valence electrons. The molecule has 1 aliphatic carbocycles. The van der Waals surface area contributed by atoms with Crippen molar-refractivity contribution in [1.29, 1.82) is 0 Å². The third-order valence-corrected chi connectivity index (χ3v) is 4.45. The van der Waals surface area contributed by atoms with Crippen LogP contribution in [0, 0.1) is 0 Å². The van der Waals surface area contributed by atoms with E-state index < -0.39 is 0 Å². The van der Waals surface area contributed by atoms with Crippen LogP contribution in [0.15, 0.2) is 113 Å². The zero-order valence-electron chi connectivity index (χ0n) is 15.5. The van der Waals surface area contributed by atoms with Crippen LogP contribution in [-0.2, 0) is 6.42 Å². The lowest BCUT2D eigenvalue weighted by Gasteiger charge is -2.05. The predicted molar refractivity (Wildman–Crippen MR) is 119 cm³/mol. The van der Waals surface area contributed by atoms with Crippen LogP contribution in [0.1, 0.15) is 11.1 Å². The molecule has 0 saturated heterocycles. The summed E-state index contributed by atoms with van der Waals surface area (Å²) in [5.41, 5.74) is 12.8. The van der Waals surface area contributed by atoms with E-state index in [0.29, 0.717) is 0 Å². The van der Waals surface area contributed by atoms with Crippen LogP contribution < -0.4 is 5.73 Å². The Bertz CT molecular complexity index is 1040. The van der Waals surface area contributed by atoms with Crippen molar-refractivity contribution in [3.05, 3.63) is 114 Å². The van der Waals surface area contributed by atoms with Crippen molar-refractivity contribution in [2.24, 2.45) is 9.98 Å². The van der Waals surface area contributed by atoms with E-state index in [1.807, 2.05) is 66.8 Å². The van der Waals surface area contributed by atoms with Gasteiger partial charge in [0.15, 0.2) is 0 Å². The number of aliphatic imine (C=N–C) groups is 2. The maximum atomic E-state index is 5.74. The highest BCUT2D eigenvalue weighted by molar-refractivity contribution is 6.19. The molecule has 0 aliphatic heterocycles. The van der Waals surface area contributed by atoms with Crippen LogP contribution in [-0.4, -0.2) is 11.4 Å². The minimum atomic E-state index is 0.792. The summed E-state index contributed by atoms with van der Waals surface area (Å²) in [6.07, 6.45) is 8.84. The first-order chi connectivity index (χ1) is 13.7. The first kappa shape index (κ1) is 17.7. The number of nitrogen functional groups attached to an aromatic ring is 1. The van der Waals surface area contributed by atoms with Gasteiger partial charge in [0, 0.05) is 5.69 Å². The number of rotatable bonds is 4. The molecular weight excluding hydrogens is 342 g/mol. The van der Waals surface area contributed by atoms with Gasteiger partial charge in [-0.1, -0.05) is 42.5 Å². The maximum Gasteiger partial charge on any atom is 0.0638 e. The molecule has 0 fully saturated rings.